The van der Waals surface area contributed by atoms with Gasteiger partial charge in [0.1, 0.15) is 11.6 Å². The van der Waals surface area contributed by atoms with Gasteiger partial charge in [-0.25, -0.2) is 4.98 Å². The van der Waals surface area contributed by atoms with Crippen LogP contribution >= 0.6 is 11.6 Å². The molecule has 3 fully saturated rings. The van der Waals surface area contributed by atoms with E-state index >= 15 is 0 Å². The van der Waals surface area contributed by atoms with Crippen LogP contribution in [0.5, 0.6) is 0 Å². The molecule has 3 N–H and O–H groups in total. The minimum absolute atomic E-state index is 0. The number of hydrogen-bond donors (Lipinski definition) is 2. The molecule has 250 valence electrons. The number of anilines is 3. The number of amides is 3. The number of hydrogen-bond acceptors (Lipinski definition) is 11. The molecule has 0 aromatic carbocycles. The van der Waals surface area contributed by atoms with Gasteiger partial charge < -0.3 is 38.7 Å². The summed E-state index contributed by atoms with van der Waals surface area (Å²) < 4.78 is 0. The third-order valence-electron chi connectivity index (χ3n) is 6.15. The maximum absolute atomic E-state index is 11.4. The van der Waals surface area contributed by atoms with Gasteiger partial charge in [-0.2, -0.15) is 0 Å². The fraction of sp³-hybridized carbons (Fsp3) is 0.321. The molecule has 3 aromatic rings. The average Bonchev–Trinajstić information content (AvgIpc) is 3.77. The van der Waals surface area contributed by atoms with E-state index in [4.69, 9.17) is 17.3 Å². The number of nitro groups is 2. The quantitative estimate of drug-likeness (QED) is 0.128. The van der Waals surface area contributed by atoms with Crippen molar-refractivity contribution in [3.63, 3.8) is 0 Å². The summed E-state index contributed by atoms with van der Waals surface area (Å²) >= 11 is 5.37. The van der Waals surface area contributed by atoms with Crippen LogP contribution in [-0.4, -0.2) is 62.2 Å². The summed E-state index contributed by atoms with van der Waals surface area (Å²) in [5.74, 6) is 1.35. The molecule has 3 aliphatic heterocycles. The molecule has 0 saturated carbocycles. The molecule has 3 aliphatic rings. The molecule has 0 bridgehead atoms. The largest absolute Gasteiger partial charge is 0.384 e. The molecule has 0 unspecified atom stereocenters. The van der Waals surface area contributed by atoms with Crippen LogP contribution < -0.4 is 20.9 Å². The van der Waals surface area contributed by atoms with Crippen molar-refractivity contribution in [3.05, 3.63) is 87.4 Å². The first kappa shape index (κ1) is 39.4. The van der Waals surface area contributed by atoms with Crippen LogP contribution in [0.15, 0.2) is 54.6 Å². The van der Waals surface area contributed by atoms with Gasteiger partial charge in [0.2, 0.25) is 28.7 Å². The van der Waals surface area contributed by atoms with Crippen LogP contribution in [0.4, 0.5) is 29.1 Å². The number of nitrogens with two attached hydrogens (primary N) is 1. The van der Waals surface area contributed by atoms with E-state index in [1.54, 1.807) is 23.1 Å². The van der Waals surface area contributed by atoms with E-state index in [2.05, 4.69) is 20.3 Å². The van der Waals surface area contributed by atoms with Gasteiger partial charge in [-0.3, -0.25) is 24.2 Å². The summed E-state index contributed by atoms with van der Waals surface area (Å²) in [6.07, 6.45) is 4.57. The van der Waals surface area contributed by atoms with Crippen LogP contribution in [0.3, 0.4) is 0 Å². The van der Waals surface area contributed by atoms with Crippen molar-refractivity contribution in [1.82, 2.24) is 20.3 Å². The van der Waals surface area contributed by atoms with Crippen LogP contribution in [0.1, 0.15) is 38.5 Å². The van der Waals surface area contributed by atoms with Gasteiger partial charge in [-0.05, 0) is 74.9 Å². The minimum Gasteiger partial charge on any atom is -0.384 e. The van der Waals surface area contributed by atoms with E-state index in [9.17, 15) is 34.6 Å². The topological polar surface area (TPSA) is 221 Å². The molecule has 0 aliphatic carbocycles. The summed E-state index contributed by atoms with van der Waals surface area (Å²) in [5, 5.41) is 23.3. The summed E-state index contributed by atoms with van der Waals surface area (Å²) in [5.41, 5.74) is 5.52. The number of halogens is 1. The van der Waals surface area contributed by atoms with Crippen LogP contribution in [-0.2, 0) is 34.8 Å². The first-order valence-electron chi connectivity index (χ1n) is 13.5. The van der Waals surface area contributed by atoms with Crippen molar-refractivity contribution in [3.8, 4) is 0 Å². The Morgan fingerprint density at radius 1 is 0.739 bits per heavy atom. The van der Waals surface area contributed by atoms with E-state index in [-0.39, 0.29) is 62.4 Å². The zero-order valence-electron chi connectivity index (χ0n) is 24.8. The first-order valence-corrected chi connectivity index (χ1v) is 13.9. The van der Waals surface area contributed by atoms with Gasteiger partial charge >= 0.3 is 11.6 Å². The number of carbonyl (C=O) groups is 3. The second-order valence-corrected chi connectivity index (χ2v) is 9.75. The Morgan fingerprint density at radius 3 is 1.61 bits per heavy atom. The Hall–Kier alpha value is -4.59. The number of nitrogens with one attached hydrogen (secondary N) is 1. The van der Waals surface area contributed by atoms with Gasteiger partial charge in [-0.1, -0.05) is 6.07 Å². The van der Waals surface area contributed by atoms with E-state index in [1.165, 1.54) is 35.2 Å². The molecular weight excluding hydrogens is 716 g/mol. The van der Waals surface area contributed by atoms with Gasteiger partial charge in [0.25, 0.3) is 0 Å². The number of nitrogens with zero attached hydrogens (tertiary/aromatic N) is 7. The fourth-order valence-electron chi connectivity index (χ4n) is 4.10. The van der Waals surface area contributed by atoms with Crippen molar-refractivity contribution < 1.29 is 44.7 Å². The predicted molar refractivity (Wildman–Crippen MR) is 167 cm³/mol. The average molecular weight is 750 g/mol. The Bertz CT molecular complexity index is 1510. The maximum Gasteiger partial charge on any atom is 0.365 e. The molecule has 6 rings (SSSR count). The summed E-state index contributed by atoms with van der Waals surface area (Å²) in [6, 6.07) is 14.0. The Morgan fingerprint density at radius 2 is 1.24 bits per heavy atom. The van der Waals surface area contributed by atoms with Crippen LogP contribution in [0.25, 0.3) is 0 Å². The fourth-order valence-corrected chi connectivity index (χ4v) is 4.26. The third-order valence-corrected chi connectivity index (χ3v) is 6.36. The Kier molecular flexibility index (Phi) is 16.9. The zero-order valence-corrected chi connectivity index (χ0v) is 27.1. The first-order chi connectivity index (χ1) is 21.0. The summed E-state index contributed by atoms with van der Waals surface area (Å²) in [6.45, 7) is 2.24. The summed E-state index contributed by atoms with van der Waals surface area (Å²) in [7, 11) is 0. The SMILES string of the molecule is Nc1cccc(N2CCCC2=O)n1.O=C1CCCN1.O=C1CCCN1c1cccc([N+](=O)[O-])n1.O=[N+]([O-])c1cccc(Cl)n1.[CH3-].[Pd]. The van der Waals surface area contributed by atoms with Gasteiger partial charge in [0, 0.05) is 83.6 Å². The van der Waals surface area contributed by atoms with Crippen LogP contribution in [0.2, 0.25) is 5.15 Å². The summed E-state index contributed by atoms with van der Waals surface area (Å²) in [4.78, 5) is 66.7. The van der Waals surface area contributed by atoms with Crippen molar-refractivity contribution in [2.45, 2.75) is 38.5 Å². The van der Waals surface area contributed by atoms with E-state index < -0.39 is 9.85 Å². The van der Waals surface area contributed by atoms with Crippen molar-refractivity contribution in [2.24, 2.45) is 0 Å². The molecule has 18 heteroatoms. The number of nitrogen functional groups attached to an aromatic ring is 1. The second-order valence-electron chi connectivity index (χ2n) is 9.36. The Labute approximate surface area is 283 Å². The van der Waals surface area contributed by atoms with Crippen molar-refractivity contribution in [2.75, 3.05) is 35.2 Å². The molecule has 0 atom stereocenters. The Balaban J connectivity index is 0.000000315. The minimum atomic E-state index is -0.591. The number of carbonyl (C=O) groups excluding carboxylic acids is 3. The molecular formula is C28H33ClN9O7Pd-. The number of rotatable bonds is 4. The maximum atomic E-state index is 11.4. The van der Waals surface area contributed by atoms with Crippen LogP contribution in [0, 0.1) is 27.7 Å². The predicted octanol–water partition coefficient (Wildman–Crippen LogP) is 3.89. The molecule has 0 spiro atoms. The number of pyridine rings is 3. The van der Waals surface area contributed by atoms with Gasteiger partial charge in [0.05, 0.1) is 0 Å². The van der Waals surface area contributed by atoms with Crippen molar-refractivity contribution in [1.29, 1.82) is 0 Å². The molecule has 46 heavy (non-hydrogen) atoms. The smallest absolute Gasteiger partial charge is 0.365 e. The number of aromatic nitrogens is 3. The third kappa shape index (κ3) is 12.4. The van der Waals surface area contributed by atoms with E-state index in [1.807, 2.05) is 6.07 Å². The zero-order chi connectivity index (χ0) is 32.1. The van der Waals surface area contributed by atoms with E-state index in [0.717, 1.165) is 38.8 Å². The normalized spacial score (nSPS) is 14.6. The molecule has 3 saturated heterocycles. The van der Waals surface area contributed by atoms with Gasteiger partial charge in [0.15, 0.2) is 0 Å². The molecule has 3 aromatic heterocycles. The molecule has 0 radical (unpaired) electrons. The standard InChI is InChI=1S/C9H9N3O3.C9H11N3O.C5H3ClN2O2.C4H7NO.CH3.Pd/c13-9-5-2-6-11(9)7-3-1-4-8(10-7)12(14)15;10-7-3-1-4-8(11-7)12-6-2-5-9(12)13;6-4-2-1-3-5(7-4)8(9)10;6-4-2-1-3-5-4;;/h1,3-4H,2,5-6H2;1,3-4H,2,5-6H2,(H2,10,11);1-3H;1-3H2,(H,5,6);1H3;/q;;;;-1;. The molecule has 6 heterocycles. The van der Waals surface area contributed by atoms with Crippen molar-refractivity contribution >= 4 is 58.4 Å². The van der Waals surface area contributed by atoms with Gasteiger partial charge in [-0.15, -0.1) is 0 Å². The molecule has 16 nitrogen and oxygen atoms in total. The van der Waals surface area contributed by atoms with E-state index in [0.29, 0.717) is 36.8 Å². The second kappa shape index (κ2) is 19.7. The monoisotopic (exact) mass is 748 g/mol. The molecule has 3 amide bonds.